The number of amides is 1. The fourth-order valence-corrected chi connectivity index (χ4v) is 10.2. The highest BCUT2D eigenvalue weighted by Crippen LogP contribution is 2.38. The molecular weight excluding hydrogens is 1050 g/mol. The number of esters is 1. The van der Waals surface area contributed by atoms with Gasteiger partial charge in [-0.05, 0) is 115 Å². The number of ether oxygens (including phenoxy) is 1. The van der Waals surface area contributed by atoms with Gasteiger partial charge in [0.25, 0.3) is 7.82 Å². The summed E-state index contributed by atoms with van der Waals surface area (Å²) in [6.07, 6.45) is 84.8. The Hall–Kier alpha value is -3.33. The molecule has 3 atom stereocenters. The smallest absolute Gasteiger partial charge is 0.306 e. The van der Waals surface area contributed by atoms with Crippen molar-refractivity contribution in [2.45, 2.75) is 303 Å². The summed E-state index contributed by atoms with van der Waals surface area (Å²) in [5, 5.41) is 3.03. The highest BCUT2D eigenvalue weighted by Gasteiger charge is 2.27. The van der Waals surface area contributed by atoms with Gasteiger partial charge in [0.05, 0.1) is 33.8 Å². The summed E-state index contributed by atoms with van der Waals surface area (Å²) in [7, 11) is 1.16. The molecule has 0 aliphatic rings. The Kier molecular flexibility index (Phi) is 59.3. The lowest BCUT2D eigenvalue weighted by Crippen LogP contribution is -2.47. The fourth-order valence-electron chi connectivity index (χ4n) is 9.44. The number of phosphoric acid groups is 1. The van der Waals surface area contributed by atoms with Gasteiger partial charge in [-0.3, -0.25) is 14.2 Å². The van der Waals surface area contributed by atoms with E-state index in [-0.39, 0.29) is 24.9 Å². The summed E-state index contributed by atoms with van der Waals surface area (Å²) in [6.45, 7) is 6.70. The van der Waals surface area contributed by atoms with E-state index in [1.165, 1.54) is 128 Å². The van der Waals surface area contributed by atoms with Crippen molar-refractivity contribution in [1.82, 2.24) is 5.32 Å². The largest absolute Gasteiger partial charge is 0.756 e. The zero-order valence-electron chi connectivity index (χ0n) is 54.6. The molecule has 0 aromatic heterocycles. The molecule has 0 radical (unpaired) electrons. The maximum atomic E-state index is 13.6. The molecule has 0 aromatic carbocycles. The molecule has 83 heavy (non-hydrogen) atoms. The minimum Gasteiger partial charge on any atom is -0.756 e. The second-order valence-corrected chi connectivity index (χ2v) is 25.4. The summed E-state index contributed by atoms with van der Waals surface area (Å²) in [6, 6.07) is -0.904. The lowest BCUT2D eigenvalue weighted by molar-refractivity contribution is -0.870. The number of nitrogens with one attached hydrogen (secondary N) is 1. The van der Waals surface area contributed by atoms with E-state index in [9.17, 15) is 19.0 Å². The van der Waals surface area contributed by atoms with Crippen molar-refractivity contribution in [3.05, 3.63) is 109 Å². The third-order valence-electron chi connectivity index (χ3n) is 14.7. The molecule has 1 amide bonds. The van der Waals surface area contributed by atoms with Crippen LogP contribution in [0, 0.1) is 0 Å². The Balaban J connectivity index is 5.16. The molecule has 0 heterocycles. The molecule has 0 aliphatic carbocycles. The van der Waals surface area contributed by atoms with Crippen LogP contribution in [0.1, 0.15) is 290 Å². The maximum Gasteiger partial charge on any atom is 0.306 e. The van der Waals surface area contributed by atoms with Gasteiger partial charge in [-0.15, -0.1) is 0 Å². The summed E-state index contributed by atoms with van der Waals surface area (Å²) in [5.74, 6) is -0.560. The molecule has 1 N–H and O–H groups in total. The van der Waals surface area contributed by atoms with Crippen LogP contribution in [-0.2, 0) is 27.9 Å². The highest BCUT2D eigenvalue weighted by molar-refractivity contribution is 7.45. The van der Waals surface area contributed by atoms with E-state index >= 15 is 0 Å². The molecule has 0 saturated heterocycles. The topological polar surface area (TPSA) is 114 Å². The van der Waals surface area contributed by atoms with Crippen LogP contribution in [0.2, 0.25) is 0 Å². The number of hydrogen-bond acceptors (Lipinski definition) is 7. The van der Waals surface area contributed by atoms with Crippen molar-refractivity contribution in [2.24, 2.45) is 0 Å². The lowest BCUT2D eigenvalue weighted by atomic mass is 10.0. The van der Waals surface area contributed by atoms with Crippen molar-refractivity contribution < 1.29 is 37.3 Å². The van der Waals surface area contributed by atoms with E-state index in [4.69, 9.17) is 13.8 Å². The van der Waals surface area contributed by atoms with Crippen LogP contribution in [0.3, 0.4) is 0 Å². The molecule has 0 fully saturated rings. The molecule has 0 saturated carbocycles. The first-order valence-corrected chi connectivity index (χ1v) is 35.7. The number of likely N-dealkylation sites (N-methyl/N-ethyl adjacent to an activating group) is 1. The van der Waals surface area contributed by atoms with E-state index in [1.807, 2.05) is 33.3 Å². The van der Waals surface area contributed by atoms with E-state index < -0.39 is 26.6 Å². The Morgan fingerprint density at radius 1 is 0.434 bits per heavy atom. The van der Waals surface area contributed by atoms with Crippen molar-refractivity contribution in [2.75, 3.05) is 40.9 Å². The molecule has 10 heteroatoms. The van der Waals surface area contributed by atoms with E-state index in [2.05, 4.69) is 123 Å². The van der Waals surface area contributed by atoms with Crippen molar-refractivity contribution >= 4 is 19.7 Å². The van der Waals surface area contributed by atoms with Gasteiger partial charge in [0.15, 0.2) is 0 Å². The Morgan fingerprint density at radius 3 is 1.18 bits per heavy atom. The summed E-state index contributed by atoms with van der Waals surface area (Å²) >= 11 is 0. The molecule has 3 unspecified atom stereocenters. The third-order valence-corrected chi connectivity index (χ3v) is 15.7. The molecule has 0 spiro atoms. The predicted octanol–water partition coefficient (Wildman–Crippen LogP) is 21.0. The Labute approximate surface area is 512 Å². The number of quaternary nitrogens is 1. The molecule has 0 bridgehead atoms. The van der Waals surface area contributed by atoms with Gasteiger partial charge in [-0.2, -0.15) is 0 Å². The van der Waals surface area contributed by atoms with Crippen LogP contribution >= 0.6 is 7.82 Å². The quantitative estimate of drug-likeness (QED) is 0.0212. The monoisotopic (exact) mass is 1180 g/mol. The van der Waals surface area contributed by atoms with Gasteiger partial charge in [0, 0.05) is 12.8 Å². The number of phosphoric ester groups is 1. The molecule has 0 aromatic rings. The number of allylic oxidation sites excluding steroid dienone is 17. The number of carbonyl (C=O) groups excluding carboxylic acids is 2. The average molecular weight is 1180 g/mol. The highest BCUT2D eigenvalue weighted by atomic mass is 31.2. The van der Waals surface area contributed by atoms with E-state index in [0.717, 1.165) is 128 Å². The maximum absolute atomic E-state index is 13.6. The van der Waals surface area contributed by atoms with E-state index in [1.54, 1.807) is 0 Å². The lowest BCUT2D eigenvalue weighted by Gasteiger charge is -2.30. The molecule has 0 aliphatic heterocycles. The first-order valence-electron chi connectivity index (χ1n) is 34.2. The number of unbranched alkanes of at least 4 members (excludes halogenated alkanes) is 29. The zero-order chi connectivity index (χ0) is 60.7. The second-order valence-electron chi connectivity index (χ2n) is 23.9. The van der Waals surface area contributed by atoms with Crippen molar-refractivity contribution in [1.29, 1.82) is 0 Å². The van der Waals surface area contributed by atoms with Gasteiger partial charge in [-0.25, -0.2) is 0 Å². The van der Waals surface area contributed by atoms with Crippen molar-refractivity contribution in [3.63, 3.8) is 0 Å². The van der Waals surface area contributed by atoms with Crippen LogP contribution in [0.15, 0.2) is 109 Å². The van der Waals surface area contributed by atoms with Gasteiger partial charge >= 0.3 is 5.97 Å². The zero-order valence-corrected chi connectivity index (χ0v) is 55.5. The molecule has 478 valence electrons. The normalized spacial score (nSPS) is 14.3. The minimum atomic E-state index is -4.71. The standard InChI is InChI=1S/C73H129N2O7P/c1-7-10-13-16-19-22-25-28-30-32-33-34-35-36-37-38-39-40-41-43-44-47-50-53-56-59-62-65-72(76)74-70(69-81-83(78,79)80-68-67-75(4,5)6)71(64-61-58-55-52-49-46-27-24-21-18-15-12-9-3)82-73(77)66-63-60-57-54-51-48-45-42-31-29-26-23-20-17-14-11-8-2/h10,13,19-20,22-23,28-31,33-34,36-37,39-40,61,64,70-71H,7-9,11-12,14-18,21,24-27,32,35,38,41-60,62-63,65-69H2,1-6H3,(H-,74,76,78,79)/b13-10-,22-19-,23-20-,30-28-,31-29-,34-33-,37-36-,40-39-,64-61-. The minimum absolute atomic E-state index is 0.0301. The van der Waals surface area contributed by atoms with Gasteiger partial charge in [0.2, 0.25) is 5.91 Å². The van der Waals surface area contributed by atoms with Crippen LogP contribution in [0.4, 0.5) is 0 Å². The van der Waals surface area contributed by atoms with Gasteiger partial charge in [0.1, 0.15) is 19.3 Å². The second kappa shape index (κ2) is 61.7. The Bertz CT molecular complexity index is 1790. The third kappa shape index (κ3) is 63.0. The van der Waals surface area contributed by atoms with Gasteiger partial charge < -0.3 is 28.5 Å². The number of hydrogen-bond donors (Lipinski definition) is 1. The summed E-state index contributed by atoms with van der Waals surface area (Å²) in [4.78, 5) is 40.1. The molecule has 0 rings (SSSR count). The first kappa shape index (κ1) is 79.7. The number of nitrogens with zero attached hydrogens (tertiary/aromatic N) is 1. The fraction of sp³-hybridized carbons (Fsp3) is 0.726. The van der Waals surface area contributed by atoms with Crippen LogP contribution < -0.4 is 10.2 Å². The summed E-state index contributed by atoms with van der Waals surface area (Å²) in [5.41, 5.74) is 0. The SMILES string of the molecule is CC/C=C\C/C=C\C/C=C\C/C=C\C/C=C\C/C=C\CCCCCCCCCCC(=O)NC(COP(=O)([O-])OCC[N+](C)(C)C)C(/C=C\CCCCCCCCCCCCC)OC(=O)CCCCCCCCC/C=C\C/C=C\CCCCC. The van der Waals surface area contributed by atoms with Crippen molar-refractivity contribution in [3.8, 4) is 0 Å². The summed E-state index contributed by atoms with van der Waals surface area (Å²) < 4.78 is 30.4. The number of rotatable bonds is 61. The molecule has 9 nitrogen and oxygen atoms in total. The average Bonchev–Trinajstić information content (AvgIpc) is 3.47. The molecular formula is C73H129N2O7P. The van der Waals surface area contributed by atoms with Crippen LogP contribution in [-0.4, -0.2) is 69.4 Å². The number of carbonyl (C=O) groups is 2. The van der Waals surface area contributed by atoms with Crippen LogP contribution in [0.25, 0.3) is 0 Å². The van der Waals surface area contributed by atoms with Gasteiger partial charge in [-0.1, -0.05) is 272 Å². The predicted molar refractivity (Wildman–Crippen MR) is 357 cm³/mol. The first-order chi connectivity index (χ1) is 40.4. The van der Waals surface area contributed by atoms with Crippen LogP contribution in [0.5, 0.6) is 0 Å². The van der Waals surface area contributed by atoms with E-state index in [0.29, 0.717) is 17.4 Å². The Morgan fingerprint density at radius 2 is 0.771 bits per heavy atom.